The smallest absolute Gasteiger partial charge is 0.232 e. The fourth-order valence-corrected chi connectivity index (χ4v) is 4.76. The van der Waals surface area contributed by atoms with Crippen LogP contribution in [0, 0.1) is 17.8 Å². The number of amides is 6. The molecule has 6 amide bonds. The molecule has 10 nitrogen and oxygen atoms in total. The maximum atomic E-state index is 10.8. The van der Waals surface area contributed by atoms with Crippen LogP contribution in [-0.4, -0.2) is 121 Å². The van der Waals surface area contributed by atoms with Crippen LogP contribution in [0.2, 0.25) is 0 Å². The Morgan fingerprint density at radius 3 is 1.16 bits per heavy atom. The largest absolute Gasteiger partial charge is 0.381 e. The number of hydrogen-bond acceptors (Lipinski definition) is 10. The van der Waals surface area contributed by atoms with Gasteiger partial charge in [0.2, 0.25) is 35.4 Å². The van der Waals surface area contributed by atoms with Gasteiger partial charge in [0.1, 0.15) is 0 Å². The van der Waals surface area contributed by atoms with Crippen LogP contribution in [0.15, 0.2) is 24.3 Å². The van der Waals surface area contributed by atoms with Crippen molar-refractivity contribution in [3.8, 4) is 0 Å². The van der Waals surface area contributed by atoms with E-state index in [1.807, 2.05) is 69.0 Å². The molecule has 3 rings (SSSR count). The van der Waals surface area contributed by atoms with Gasteiger partial charge in [0.15, 0.2) is 0 Å². The molecular weight excluding hydrogens is 707 g/mol. The predicted octanol–water partition coefficient (Wildman–Crippen LogP) is 7.47. The minimum Gasteiger partial charge on any atom is -0.381 e. The Labute approximate surface area is 324 Å². The molecule has 298 valence electrons. The maximum absolute atomic E-state index is 10.8. The zero-order valence-electron chi connectivity index (χ0n) is 34.2. The van der Waals surface area contributed by atoms with Crippen LogP contribution < -0.4 is 0 Å². The third kappa shape index (κ3) is 30.1. The maximum Gasteiger partial charge on any atom is 0.232 e. The van der Waals surface area contributed by atoms with Gasteiger partial charge in [-0.25, -0.2) is 0 Å². The number of carbonyl (C=O) groups excluding carboxylic acids is 6. The summed E-state index contributed by atoms with van der Waals surface area (Å²) in [7, 11) is 4.57. The summed E-state index contributed by atoms with van der Waals surface area (Å²) < 4.78 is 5.36. The minimum absolute atomic E-state index is 0.0556. The molecule has 3 saturated heterocycles. The van der Waals surface area contributed by atoms with Gasteiger partial charge in [-0.05, 0) is 70.8 Å². The molecule has 3 aliphatic rings. The first-order valence-electron chi connectivity index (χ1n) is 17.6. The molecule has 0 saturated carbocycles. The second-order valence-electron chi connectivity index (χ2n) is 12.0. The molecule has 0 aliphatic carbocycles. The van der Waals surface area contributed by atoms with Crippen molar-refractivity contribution < 1.29 is 33.5 Å². The summed E-state index contributed by atoms with van der Waals surface area (Å²) >= 11 is 5.52. The molecule has 51 heavy (non-hydrogen) atoms. The Kier molecular flexibility index (Phi) is 41.1. The van der Waals surface area contributed by atoms with Gasteiger partial charge in [-0.1, -0.05) is 58.4 Å². The summed E-state index contributed by atoms with van der Waals surface area (Å²) in [5.41, 5.74) is 0. The Morgan fingerprint density at radius 1 is 0.608 bits per heavy atom. The van der Waals surface area contributed by atoms with Gasteiger partial charge in [0.25, 0.3) is 0 Å². The summed E-state index contributed by atoms with van der Waals surface area (Å²) in [6.07, 6.45) is 22.8. The SMILES string of the molecule is CC1CC(=O)N(C)C1=O.CC1CC(=O)N(C)C1=O.CC1CC(=O)N(C)C1=O.CC=CC.CC=CCSC.CCCOCCCCCSC.CSC. The quantitative estimate of drug-likeness (QED) is 0.126. The van der Waals surface area contributed by atoms with E-state index in [-0.39, 0.29) is 53.2 Å². The van der Waals surface area contributed by atoms with Crippen molar-refractivity contribution in [2.45, 2.75) is 93.4 Å². The van der Waals surface area contributed by atoms with Crippen molar-refractivity contribution >= 4 is 70.7 Å². The molecule has 3 fully saturated rings. The average molecular weight is 778 g/mol. The number of rotatable bonds is 10. The van der Waals surface area contributed by atoms with Crippen LogP contribution >= 0.6 is 35.3 Å². The lowest BCUT2D eigenvalue weighted by molar-refractivity contribution is -0.139. The van der Waals surface area contributed by atoms with Crippen LogP contribution in [0.3, 0.4) is 0 Å². The second kappa shape index (κ2) is 37.7. The van der Waals surface area contributed by atoms with Crippen LogP contribution in [-0.2, 0) is 33.5 Å². The number of nitrogens with zero attached hydrogens (tertiary/aromatic N) is 3. The number of carbonyl (C=O) groups is 6. The molecule has 13 heteroatoms. The first-order chi connectivity index (χ1) is 24.0. The van der Waals surface area contributed by atoms with E-state index in [2.05, 4.69) is 31.6 Å². The number of likely N-dealkylation sites (tertiary alicyclic amines) is 3. The van der Waals surface area contributed by atoms with Gasteiger partial charge in [-0.2, -0.15) is 35.3 Å². The Morgan fingerprint density at radius 2 is 0.980 bits per heavy atom. The van der Waals surface area contributed by atoms with Crippen molar-refractivity contribution in [3.63, 3.8) is 0 Å². The summed E-state index contributed by atoms with van der Waals surface area (Å²) in [6.45, 7) is 15.4. The highest BCUT2D eigenvalue weighted by Gasteiger charge is 2.33. The highest BCUT2D eigenvalue weighted by molar-refractivity contribution is 7.98. The average Bonchev–Trinajstić information content (AvgIpc) is 3.58. The van der Waals surface area contributed by atoms with E-state index in [0.29, 0.717) is 19.3 Å². The monoisotopic (exact) mass is 777 g/mol. The molecule has 0 radical (unpaired) electrons. The van der Waals surface area contributed by atoms with Crippen LogP contribution in [0.1, 0.15) is 93.4 Å². The molecule has 3 heterocycles. The number of hydrogen-bond donors (Lipinski definition) is 0. The fraction of sp³-hybridized carbons (Fsp3) is 0.737. The summed E-state index contributed by atoms with van der Waals surface area (Å²) in [4.78, 5) is 68.1. The van der Waals surface area contributed by atoms with Crippen molar-refractivity contribution in [3.05, 3.63) is 24.3 Å². The zero-order valence-corrected chi connectivity index (χ0v) is 36.7. The standard InChI is InChI=1S/C9H20OS.3C6H9NO2.C5H10S.C4H8.C2H6S/c1-3-7-10-8-5-4-6-9-11-2;3*1-4-3-5(8)7(2)6(4)9;1-3-4-5-6-2;1-3-4-2;1-3-2/h3-9H2,1-2H3;3*4H,3H2,1-2H3;3-4H,5H2,1-2H3;3-4H,1-2H3;1-2H3. The zero-order chi connectivity index (χ0) is 40.4. The predicted molar refractivity (Wildman–Crippen MR) is 221 cm³/mol. The molecule has 0 spiro atoms. The van der Waals surface area contributed by atoms with Gasteiger partial charge < -0.3 is 4.74 Å². The van der Waals surface area contributed by atoms with Gasteiger partial charge in [-0.15, -0.1) is 0 Å². The molecule has 0 bridgehead atoms. The lowest BCUT2D eigenvalue weighted by Crippen LogP contribution is -2.24. The molecule has 0 N–H and O–H groups in total. The minimum atomic E-state index is -0.0949. The van der Waals surface area contributed by atoms with Crippen molar-refractivity contribution in [1.82, 2.24) is 14.7 Å². The molecule has 0 aromatic rings. The number of thioether (sulfide) groups is 3. The first kappa shape index (κ1) is 55.7. The molecule has 0 aromatic heterocycles. The third-order valence-electron chi connectivity index (χ3n) is 7.14. The van der Waals surface area contributed by atoms with E-state index < -0.39 is 0 Å². The van der Waals surface area contributed by atoms with Crippen molar-refractivity contribution in [1.29, 1.82) is 0 Å². The lowest BCUT2D eigenvalue weighted by Gasteiger charge is -2.03. The number of unbranched alkanes of at least 4 members (excludes halogenated alkanes) is 2. The van der Waals surface area contributed by atoms with E-state index in [1.54, 1.807) is 32.5 Å². The van der Waals surface area contributed by atoms with Gasteiger partial charge in [-0.3, -0.25) is 43.5 Å². The Bertz CT molecular complexity index is 922. The van der Waals surface area contributed by atoms with Crippen LogP contribution in [0.4, 0.5) is 0 Å². The summed E-state index contributed by atoms with van der Waals surface area (Å²) in [5, 5.41) is 0. The van der Waals surface area contributed by atoms with Gasteiger partial charge in [0.05, 0.1) is 0 Å². The molecule has 0 aromatic carbocycles. The summed E-state index contributed by atoms with van der Waals surface area (Å²) in [5.74, 6) is 1.81. The third-order valence-corrected chi connectivity index (χ3v) is 8.36. The van der Waals surface area contributed by atoms with Crippen molar-refractivity contribution in [2.75, 3.05) is 70.9 Å². The highest BCUT2D eigenvalue weighted by atomic mass is 32.2. The molecule has 3 atom stereocenters. The van der Waals surface area contributed by atoms with Gasteiger partial charge >= 0.3 is 0 Å². The fourth-order valence-electron chi connectivity index (χ4n) is 3.89. The normalized spacial score (nSPS) is 19.3. The Hall–Kier alpha value is -2.09. The number of imide groups is 3. The van der Waals surface area contributed by atoms with E-state index in [0.717, 1.165) is 25.4 Å². The number of ether oxygens (including phenoxy) is 1. The van der Waals surface area contributed by atoms with E-state index >= 15 is 0 Å². The van der Waals surface area contributed by atoms with Crippen LogP contribution in [0.5, 0.6) is 0 Å². The van der Waals surface area contributed by atoms with E-state index in [1.165, 1.54) is 60.9 Å². The first-order valence-corrected chi connectivity index (χ1v) is 22.0. The lowest BCUT2D eigenvalue weighted by atomic mass is 10.1. The van der Waals surface area contributed by atoms with E-state index in [4.69, 9.17) is 4.74 Å². The second-order valence-corrected chi connectivity index (χ2v) is 14.7. The summed E-state index contributed by atoms with van der Waals surface area (Å²) in [6, 6.07) is 0. The number of allylic oxidation sites excluding steroid dienone is 3. The Balaban J connectivity index is -0.000000261. The van der Waals surface area contributed by atoms with E-state index in [9.17, 15) is 28.8 Å². The molecule has 3 unspecified atom stereocenters. The van der Waals surface area contributed by atoms with Gasteiger partial charge in [0, 0.05) is 77.1 Å². The van der Waals surface area contributed by atoms with Crippen LogP contribution in [0.25, 0.3) is 0 Å². The highest BCUT2D eigenvalue weighted by Crippen LogP contribution is 2.17. The molecule has 3 aliphatic heterocycles. The molecular formula is C38H71N3O7S3. The topological polar surface area (TPSA) is 121 Å². The van der Waals surface area contributed by atoms with Crippen molar-refractivity contribution in [2.24, 2.45) is 17.8 Å².